The topological polar surface area (TPSA) is 137 Å². The van der Waals surface area contributed by atoms with Crippen molar-refractivity contribution in [1.82, 2.24) is 10.0 Å². The zero-order valence-corrected chi connectivity index (χ0v) is 39.0. The van der Waals surface area contributed by atoms with E-state index in [2.05, 4.69) is 31.9 Å². The number of methoxy groups -OCH3 is 4. The third kappa shape index (κ3) is 7.15. The quantitative estimate of drug-likeness (QED) is 0.108. The van der Waals surface area contributed by atoms with Crippen LogP contribution in [0.25, 0.3) is 0 Å². The molecule has 4 amide bonds. The number of rotatable bonds is 12. The number of fused-ring (bicyclic) bond motifs is 5. The Kier molecular flexibility index (Phi) is 11.3. The molecular weight excluding hydrogens is 976 g/mol. The first-order valence-electron chi connectivity index (χ1n) is 20.9. The molecular formula is C50H40Br2N4O10. The second-order valence-electron chi connectivity index (χ2n) is 15.9. The van der Waals surface area contributed by atoms with E-state index in [1.54, 1.807) is 94.9 Å². The Balaban J connectivity index is 1.09. The van der Waals surface area contributed by atoms with Crippen molar-refractivity contribution < 1.29 is 47.6 Å². The lowest BCUT2D eigenvalue weighted by molar-refractivity contribution is -0.136. The molecule has 0 aromatic heterocycles. The smallest absolute Gasteiger partial charge is 0.253 e. The van der Waals surface area contributed by atoms with Crippen molar-refractivity contribution in [3.8, 4) is 46.0 Å². The number of anilines is 2. The first-order valence-corrected chi connectivity index (χ1v) is 22.4. The Morgan fingerprint density at radius 3 is 1.02 bits per heavy atom. The fourth-order valence-electron chi connectivity index (χ4n) is 9.69. The van der Waals surface area contributed by atoms with Crippen molar-refractivity contribution in [2.24, 2.45) is 11.8 Å². The van der Waals surface area contributed by atoms with E-state index in [0.29, 0.717) is 68.5 Å². The predicted molar refractivity (Wildman–Crippen MR) is 249 cm³/mol. The number of benzene rings is 6. The molecule has 4 aliphatic rings. The molecule has 66 heavy (non-hydrogen) atoms. The first-order chi connectivity index (χ1) is 32.0. The molecule has 0 bridgehead atoms. The van der Waals surface area contributed by atoms with Crippen LogP contribution >= 0.6 is 31.9 Å². The van der Waals surface area contributed by atoms with Gasteiger partial charge in [0.15, 0.2) is 0 Å². The van der Waals surface area contributed by atoms with Crippen LogP contribution in [0.2, 0.25) is 0 Å². The summed E-state index contributed by atoms with van der Waals surface area (Å²) < 4.78 is 36.9. The number of carbonyl (C=O) groups is 4. The maximum absolute atomic E-state index is 15.3. The SMILES string of the molecule is COc1ccc(C2C3C(=O)N(c4ccc(Oc5ccc(Br)cc5)cc4)C(=O)C3N3C(c4ccc(OC)cc4OC)C4C(=O)N(c5ccc(Oc6ccc(Br)cc6)cc5)C(=O)C4N23)c(OC)c1. The van der Waals surface area contributed by atoms with Crippen molar-refractivity contribution in [2.45, 2.75) is 24.2 Å². The van der Waals surface area contributed by atoms with Gasteiger partial charge in [0, 0.05) is 32.2 Å². The highest BCUT2D eigenvalue weighted by atomic mass is 79.9. The van der Waals surface area contributed by atoms with Crippen LogP contribution in [0.4, 0.5) is 11.4 Å². The van der Waals surface area contributed by atoms with Gasteiger partial charge in [-0.1, -0.05) is 31.9 Å². The number of ether oxygens (including phenoxy) is 6. The average molecular weight is 1020 g/mol. The molecule has 4 aliphatic heterocycles. The number of hydrogen-bond acceptors (Lipinski definition) is 12. The standard InChI is InChI=1S/C50H40Br2N4O10/c1-61-35-21-23-37(39(25-35)63-3)43-41-45(49(59)53(47(41)57)29-9-17-33(18-10-29)65-31-13-5-27(51)6-14-31)56-44(38-24-22-36(62-2)26-40(38)64-4)42-46(55(43)56)50(60)54(48(42)58)30-11-19-34(20-12-30)66-32-15-7-28(52)8-16-32/h5-26,41-46H,1-4H3. The molecule has 4 fully saturated rings. The largest absolute Gasteiger partial charge is 0.497 e. The van der Waals surface area contributed by atoms with Crippen LogP contribution in [0.1, 0.15) is 23.2 Å². The average Bonchev–Trinajstić information content (AvgIpc) is 4.01. The van der Waals surface area contributed by atoms with Crippen LogP contribution in [-0.4, -0.2) is 74.2 Å². The van der Waals surface area contributed by atoms with E-state index in [0.717, 1.165) is 8.95 Å². The maximum atomic E-state index is 15.3. The number of nitrogens with zero attached hydrogens (tertiary/aromatic N) is 4. The Morgan fingerprint density at radius 2 is 0.697 bits per heavy atom. The number of halogens is 2. The third-order valence-electron chi connectivity index (χ3n) is 12.5. The minimum atomic E-state index is -1.17. The van der Waals surface area contributed by atoms with E-state index in [1.807, 2.05) is 48.5 Å². The molecule has 4 heterocycles. The molecule has 16 heteroatoms. The number of carbonyl (C=O) groups excluding carboxylic acids is 4. The van der Waals surface area contributed by atoms with Crippen LogP contribution < -0.4 is 38.2 Å². The highest BCUT2D eigenvalue weighted by Crippen LogP contribution is 2.61. The Morgan fingerprint density at radius 1 is 0.379 bits per heavy atom. The molecule has 10 rings (SSSR count). The van der Waals surface area contributed by atoms with E-state index >= 15 is 19.2 Å². The third-order valence-corrected chi connectivity index (χ3v) is 13.6. The molecule has 0 spiro atoms. The minimum Gasteiger partial charge on any atom is -0.497 e. The van der Waals surface area contributed by atoms with Gasteiger partial charge < -0.3 is 28.4 Å². The van der Waals surface area contributed by atoms with Gasteiger partial charge in [0.2, 0.25) is 11.8 Å². The van der Waals surface area contributed by atoms with Gasteiger partial charge >= 0.3 is 0 Å². The van der Waals surface area contributed by atoms with Crippen molar-refractivity contribution in [3.63, 3.8) is 0 Å². The second-order valence-corrected chi connectivity index (χ2v) is 17.8. The monoisotopic (exact) mass is 1010 g/mol. The highest BCUT2D eigenvalue weighted by molar-refractivity contribution is 9.10. The lowest BCUT2D eigenvalue weighted by atomic mass is 9.83. The van der Waals surface area contributed by atoms with E-state index in [4.69, 9.17) is 28.4 Å². The summed E-state index contributed by atoms with van der Waals surface area (Å²) in [4.78, 5) is 63.4. The van der Waals surface area contributed by atoms with E-state index in [9.17, 15) is 0 Å². The summed E-state index contributed by atoms with van der Waals surface area (Å²) in [7, 11) is 6.07. The van der Waals surface area contributed by atoms with Gasteiger partial charge in [0.25, 0.3) is 11.8 Å². The van der Waals surface area contributed by atoms with Gasteiger partial charge in [-0.05, 0) is 121 Å². The van der Waals surface area contributed by atoms with Gasteiger partial charge in [-0.3, -0.25) is 19.2 Å². The van der Waals surface area contributed by atoms with Crippen LogP contribution in [0, 0.1) is 11.8 Å². The summed E-state index contributed by atoms with van der Waals surface area (Å²) in [5, 5.41) is 3.54. The van der Waals surface area contributed by atoms with Gasteiger partial charge in [0.1, 0.15) is 58.1 Å². The molecule has 0 radical (unpaired) electrons. The normalized spacial score (nSPS) is 22.3. The van der Waals surface area contributed by atoms with E-state index < -0.39 is 59.6 Å². The second kappa shape index (κ2) is 17.3. The lowest BCUT2D eigenvalue weighted by Gasteiger charge is -2.36. The van der Waals surface area contributed by atoms with Crippen molar-refractivity contribution in [2.75, 3.05) is 38.2 Å². The summed E-state index contributed by atoms with van der Waals surface area (Å²) in [6, 6.07) is 34.3. The van der Waals surface area contributed by atoms with Gasteiger partial charge in [0.05, 0.1) is 63.7 Å². The molecule has 0 saturated carbocycles. The van der Waals surface area contributed by atoms with E-state index in [1.165, 1.54) is 38.2 Å². The number of hydrogen-bond donors (Lipinski definition) is 0. The van der Waals surface area contributed by atoms with Crippen molar-refractivity contribution in [1.29, 1.82) is 0 Å². The van der Waals surface area contributed by atoms with Crippen LogP contribution in [-0.2, 0) is 19.2 Å². The van der Waals surface area contributed by atoms with Gasteiger partial charge in [-0.15, -0.1) is 0 Å². The van der Waals surface area contributed by atoms with Gasteiger partial charge in [-0.2, -0.15) is 0 Å². The van der Waals surface area contributed by atoms with Crippen LogP contribution in [0.3, 0.4) is 0 Å². The Hall–Kier alpha value is -6.72. The molecule has 6 unspecified atom stereocenters. The van der Waals surface area contributed by atoms with Crippen molar-refractivity contribution >= 4 is 66.9 Å². The molecule has 0 N–H and O–H groups in total. The fourth-order valence-corrected chi connectivity index (χ4v) is 10.2. The predicted octanol–water partition coefficient (Wildman–Crippen LogP) is 9.28. The van der Waals surface area contributed by atoms with E-state index in [-0.39, 0.29) is 0 Å². The van der Waals surface area contributed by atoms with Gasteiger partial charge in [-0.25, -0.2) is 19.8 Å². The Labute approximate surface area is 396 Å². The number of hydrazine groups is 1. The molecule has 4 saturated heterocycles. The fraction of sp³-hybridized carbons (Fsp3) is 0.200. The Bertz CT molecular complexity index is 2690. The molecule has 0 aliphatic carbocycles. The summed E-state index contributed by atoms with van der Waals surface area (Å²) in [5.74, 6) is -0.241. The first kappa shape index (κ1) is 43.2. The van der Waals surface area contributed by atoms with Crippen LogP contribution in [0.15, 0.2) is 142 Å². The van der Waals surface area contributed by atoms with Crippen LogP contribution in [0.5, 0.6) is 46.0 Å². The summed E-state index contributed by atoms with van der Waals surface area (Å²) in [5.41, 5.74) is 1.70. The number of amides is 4. The molecule has 6 aromatic carbocycles. The molecule has 334 valence electrons. The zero-order chi connectivity index (χ0) is 46.0. The summed E-state index contributed by atoms with van der Waals surface area (Å²) in [6.07, 6.45) is 0. The number of imide groups is 2. The summed E-state index contributed by atoms with van der Waals surface area (Å²) >= 11 is 6.88. The molecule has 6 aromatic rings. The van der Waals surface area contributed by atoms with Crippen molar-refractivity contribution in [3.05, 3.63) is 154 Å². The maximum Gasteiger partial charge on any atom is 0.253 e. The minimum absolute atomic E-state index is 0.332. The summed E-state index contributed by atoms with van der Waals surface area (Å²) in [6.45, 7) is 0. The molecule has 14 nitrogen and oxygen atoms in total. The lowest BCUT2D eigenvalue weighted by Crippen LogP contribution is -2.50. The molecule has 6 atom stereocenters. The highest BCUT2D eigenvalue weighted by Gasteiger charge is 2.74. The zero-order valence-electron chi connectivity index (χ0n) is 35.8.